The van der Waals surface area contributed by atoms with Crippen molar-refractivity contribution in [1.29, 1.82) is 0 Å². The average molecular weight is 677 g/mol. The van der Waals surface area contributed by atoms with Crippen molar-refractivity contribution in [2.75, 3.05) is 42.6 Å². The molecule has 3 saturated heterocycles. The predicted molar refractivity (Wildman–Crippen MR) is 183 cm³/mol. The van der Waals surface area contributed by atoms with Crippen LogP contribution in [0.25, 0.3) is 11.2 Å². The lowest BCUT2D eigenvalue weighted by molar-refractivity contribution is -0.0368. The summed E-state index contributed by atoms with van der Waals surface area (Å²) >= 11 is 0. The minimum atomic E-state index is -0.573. The topological polar surface area (TPSA) is 178 Å². The first-order chi connectivity index (χ1) is 23.5. The van der Waals surface area contributed by atoms with Crippen LogP contribution < -0.4 is 20.9 Å². The van der Waals surface area contributed by atoms with Crippen LogP contribution in [0.1, 0.15) is 96.7 Å². The standard InChI is InChI=1S/C34H48N10O5/c1-20-11-14-43(23-10-9-22(29(35)41-46)37-26(20)23)31-27-30(44(40-31)25-8-6-7-17-47-25)38-24(18-36-27)42-15-12-34(13-16-42)19-48-21(2)28(34)39-32(45)49-33(3,4)5/h9-10,18,20-21,25,28,46H,6-8,11-17,19H2,1-5H3,(H2,35,41)(H,39,45)/t20-,21-,25?,28+/m0/s1. The number of carbonyl (C=O) groups is 1. The number of ether oxygens (including phenoxy) is 3. The van der Waals surface area contributed by atoms with Gasteiger partial charge in [0.1, 0.15) is 17.1 Å². The fourth-order valence-corrected chi connectivity index (χ4v) is 7.71. The summed E-state index contributed by atoms with van der Waals surface area (Å²) in [6.07, 6.45) is 6.51. The Labute approximate surface area is 286 Å². The largest absolute Gasteiger partial charge is 0.444 e. The summed E-state index contributed by atoms with van der Waals surface area (Å²) in [6.45, 7) is 13.2. The van der Waals surface area contributed by atoms with Gasteiger partial charge < -0.3 is 40.3 Å². The van der Waals surface area contributed by atoms with E-state index in [1.807, 2.05) is 44.6 Å². The molecule has 7 rings (SSSR count). The fraction of sp³-hybridized carbons (Fsp3) is 0.647. The molecule has 0 bridgehead atoms. The molecule has 3 aromatic rings. The molecule has 1 spiro atoms. The third kappa shape index (κ3) is 6.33. The van der Waals surface area contributed by atoms with Crippen LogP contribution in [0.3, 0.4) is 0 Å². The molecule has 4 N–H and O–H groups in total. The van der Waals surface area contributed by atoms with Crippen LogP contribution in [0.15, 0.2) is 23.5 Å². The van der Waals surface area contributed by atoms with E-state index in [1.54, 1.807) is 6.07 Å². The Balaban J connectivity index is 1.18. The van der Waals surface area contributed by atoms with E-state index in [-0.39, 0.29) is 35.5 Å². The quantitative estimate of drug-likeness (QED) is 0.149. The number of alkyl carbamates (subject to hydrolysis) is 1. The Morgan fingerprint density at radius 1 is 1.12 bits per heavy atom. The highest BCUT2D eigenvalue weighted by Gasteiger charge is 2.50. The lowest BCUT2D eigenvalue weighted by atomic mass is 9.73. The number of oxime groups is 1. The number of pyridine rings is 1. The number of piperidine rings is 1. The van der Waals surface area contributed by atoms with E-state index < -0.39 is 11.7 Å². The Morgan fingerprint density at radius 2 is 1.92 bits per heavy atom. The molecule has 49 heavy (non-hydrogen) atoms. The van der Waals surface area contributed by atoms with Crippen LogP contribution in [0.2, 0.25) is 0 Å². The van der Waals surface area contributed by atoms with Gasteiger partial charge >= 0.3 is 6.09 Å². The Bertz CT molecular complexity index is 1720. The van der Waals surface area contributed by atoms with Crippen LogP contribution in [0.5, 0.6) is 0 Å². The minimum absolute atomic E-state index is 0.0249. The van der Waals surface area contributed by atoms with Crippen molar-refractivity contribution in [3.63, 3.8) is 0 Å². The van der Waals surface area contributed by atoms with E-state index in [2.05, 4.69) is 27.2 Å². The van der Waals surface area contributed by atoms with E-state index in [1.165, 1.54) is 0 Å². The van der Waals surface area contributed by atoms with E-state index in [0.29, 0.717) is 35.9 Å². The van der Waals surface area contributed by atoms with Crippen LogP contribution in [0, 0.1) is 5.41 Å². The van der Waals surface area contributed by atoms with Crippen molar-refractivity contribution >= 4 is 40.4 Å². The summed E-state index contributed by atoms with van der Waals surface area (Å²) < 4.78 is 19.8. The molecule has 3 aromatic heterocycles. The number of nitrogens with one attached hydrogen (secondary N) is 1. The van der Waals surface area contributed by atoms with Crippen molar-refractivity contribution in [2.24, 2.45) is 16.3 Å². The number of amides is 1. The van der Waals surface area contributed by atoms with Gasteiger partial charge in [-0.2, -0.15) is 0 Å². The van der Waals surface area contributed by atoms with Gasteiger partial charge in [0.15, 0.2) is 29.0 Å². The number of anilines is 3. The van der Waals surface area contributed by atoms with E-state index >= 15 is 0 Å². The Hall–Kier alpha value is -4.24. The number of amidine groups is 1. The van der Waals surface area contributed by atoms with Crippen molar-refractivity contribution in [1.82, 2.24) is 30.0 Å². The van der Waals surface area contributed by atoms with Gasteiger partial charge in [-0.15, -0.1) is 5.10 Å². The average Bonchev–Trinajstić information content (AvgIpc) is 3.61. The lowest BCUT2D eigenvalue weighted by Crippen LogP contribution is -2.55. The summed E-state index contributed by atoms with van der Waals surface area (Å²) in [7, 11) is 0. The maximum Gasteiger partial charge on any atom is 0.407 e. The summed E-state index contributed by atoms with van der Waals surface area (Å²) in [6, 6.07) is 3.58. The maximum absolute atomic E-state index is 12.8. The zero-order valence-electron chi connectivity index (χ0n) is 29.1. The molecular formula is C34H48N10O5. The summed E-state index contributed by atoms with van der Waals surface area (Å²) in [5, 5.41) is 20.6. The zero-order chi connectivity index (χ0) is 34.5. The number of carbonyl (C=O) groups excluding carboxylic acids is 1. The summed E-state index contributed by atoms with van der Waals surface area (Å²) in [5.41, 5.74) is 8.72. The highest BCUT2D eigenvalue weighted by Crippen LogP contribution is 2.44. The lowest BCUT2D eigenvalue weighted by Gasteiger charge is -2.42. The summed E-state index contributed by atoms with van der Waals surface area (Å²) in [4.78, 5) is 32.2. The van der Waals surface area contributed by atoms with Crippen LogP contribution in [0.4, 0.5) is 22.1 Å². The van der Waals surface area contributed by atoms with Gasteiger partial charge in [-0.25, -0.2) is 24.4 Å². The molecule has 0 aliphatic carbocycles. The van der Waals surface area contributed by atoms with Crippen LogP contribution in [-0.2, 0) is 14.2 Å². The molecule has 0 radical (unpaired) electrons. The molecule has 7 heterocycles. The molecule has 4 aliphatic rings. The molecule has 15 nitrogen and oxygen atoms in total. The number of fused-ring (bicyclic) bond motifs is 2. The Morgan fingerprint density at radius 3 is 2.63 bits per heavy atom. The van der Waals surface area contributed by atoms with Crippen molar-refractivity contribution in [3.05, 3.63) is 29.7 Å². The third-order valence-corrected chi connectivity index (χ3v) is 10.4. The van der Waals surface area contributed by atoms with Crippen LogP contribution >= 0.6 is 0 Å². The second-order valence-electron chi connectivity index (χ2n) is 14.9. The van der Waals surface area contributed by atoms with Crippen LogP contribution in [-0.4, -0.2) is 92.5 Å². The smallest absolute Gasteiger partial charge is 0.407 e. The molecule has 15 heteroatoms. The van der Waals surface area contributed by atoms with Gasteiger partial charge in [0.2, 0.25) is 0 Å². The second-order valence-corrected chi connectivity index (χ2v) is 14.9. The van der Waals surface area contributed by atoms with Gasteiger partial charge in [-0.3, -0.25) is 0 Å². The van der Waals surface area contributed by atoms with Gasteiger partial charge in [-0.05, 0) is 78.4 Å². The van der Waals surface area contributed by atoms with Crippen molar-refractivity contribution in [3.8, 4) is 0 Å². The molecule has 1 unspecified atom stereocenters. The minimum Gasteiger partial charge on any atom is -0.444 e. The molecule has 0 aromatic carbocycles. The Kier molecular flexibility index (Phi) is 8.76. The molecule has 3 fully saturated rings. The second kappa shape index (κ2) is 12.9. The number of nitrogens with zero attached hydrogens (tertiary/aromatic N) is 8. The molecule has 4 aliphatic heterocycles. The van der Waals surface area contributed by atoms with Crippen molar-refractivity contribution in [2.45, 2.75) is 103 Å². The number of rotatable bonds is 5. The zero-order valence-corrected chi connectivity index (χ0v) is 29.1. The number of hydrogen-bond acceptors (Lipinski definition) is 12. The monoisotopic (exact) mass is 676 g/mol. The maximum atomic E-state index is 12.8. The first kappa shape index (κ1) is 33.3. The molecular weight excluding hydrogens is 628 g/mol. The third-order valence-electron chi connectivity index (χ3n) is 10.4. The summed E-state index contributed by atoms with van der Waals surface area (Å²) in [5.74, 6) is 1.65. The van der Waals surface area contributed by atoms with E-state index in [9.17, 15) is 10.0 Å². The van der Waals surface area contributed by atoms with Gasteiger partial charge in [0.25, 0.3) is 0 Å². The predicted octanol–water partition coefficient (Wildman–Crippen LogP) is 4.56. The number of nitrogens with two attached hydrogens (primary N) is 1. The molecule has 1 amide bonds. The first-order valence-corrected chi connectivity index (χ1v) is 17.5. The molecule has 4 atom stereocenters. The highest BCUT2D eigenvalue weighted by atomic mass is 16.6. The normalized spacial score (nSPS) is 25.9. The number of aromatic nitrogens is 5. The highest BCUT2D eigenvalue weighted by molar-refractivity contribution is 5.96. The SMILES string of the molecule is C[C@@H]1OCC2(CCN(c3cnc4c(N5CC[C@H](C)c6nc(/C(N)=N/O)ccc65)nn(C5CCCCO5)c4n3)CC2)[C@@H]1NC(=O)OC(C)(C)C. The first-order valence-electron chi connectivity index (χ1n) is 17.5. The van der Waals surface area contributed by atoms with Gasteiger partial charge in [-0.1, -0.05) is 12.1 Å². The molecule has 0 saturated carbocycles. The van der Waals surface area contributed by atoms with Gasteiger partial charge in [0.05, 0.1) is 36.3 Å². The molecule has 264 valence electrons. The number of hydrogen-bond donors (Lipinski definition) is 3. The fourth-order valence-electron chi connectivity index (χ4n) is 7.71. The van der Waals surface area contributed by atoms with Gasteiger partial charge in [0, 0.05) is 37.6 Å². The van der Waals surface area contributed by atoms with Crippen molar-refractivity contribution < 1.29 is 24.2 Å². The van der Waals surface area contributed by atoms with E-state index in [0.717, 1.165) is 75.4 Å². The van der Waals surface area contributed by atoms with E-state index in [4.69, 9.17) is 40.0 Å².